The first kappa shape index (κ1) is 13.6. The zero-order valence-electron chi connectivity index (χ0n) is 9.46. The molecule has 0 saturated carbocycles. The molecule has 0 unspecified atom stereocenters. The second-order valence-electron chi connectivity index (χ2n) is 4.39. The third-order valence-corrected chi connectivity index (χ3v) is 3.59. The summed E-state index contributed by atoms with van der Waals surface area (Å²) in [5, 5.41) is 0. The predicted molar refractivity (Wildman–Crippen MR) is 58.0 cm³/mol. The summed E-state index contributed by atoms with van der Waals surface area (Å²) < 4.78 is 21.6. The van der Waals surface area contributed by atoms with Gasteiger partial charge >= 0.3 is 0 Å². The number of carbonyl (C=O) groups is 1. The molecule has 0 heterocycles. The minimum Gasteiger partial charge on any atom is -0.299 e. The van der Waals surface area contributed by atoms with Gasteiger partial charge in [-0.05, 0) is 12.8 Å². The van der Waals surface area contributed by atoms with Crippen LogP contribution in [0.25, 0.3) is 0 Å². The average molecular weight is 220 g/mol. The first-order valence-corrected chi connectivity index (χ1v) is 6.96. The molecule has 0 bridgehead atoms. The Hall–Kier alpha value is -0.380. The molecule has 0 saturated heterocycles. The molecule has 0 N–H and O–H groups in total. The van der Waals surface area contributed by atoms with Gasteiger partial charge in [0.2, 0.25) is 0 Å². The fraction of sp³-hybridized carbons (Fsp3) is 0.900. The maximum Gasteiger partial charge on any atom is 0.147 e. The number of sulfone groups is 1. The third kappa shape index (κ3) is 5.37. The predicted octanol–water partition coefficient (Wildman–Crippen LogP) is 1.82. The van der Waals surface area contributed by atoms with Gasteiger partial charge in [-0.25, -0.2) is 8.42 Å². The molecule has 14 heavy (non-hydrogen) atoms. The molecule has 0 fully saturated rings. The molecule has 0 aromatic rings. The van der Waals surface area contributed by atoms with E-state index in [0.29, 0.717) is 12.8 Å². The third-order valence-electron chi connectivity index (χ3n) is 2.56. The minimum absolute atomic E-state index is 0.110. The molecule has 84 valence electrons. The molecule has 0 amide bonds. The van der Waals surface area contributed by atoms with Gasteiger partial charge in [0.1, 0.15) is 15.6 Å². The van der Waals surface area contributed by atoms with Crippen molar-refractivity contribution in [3.05, 3.63) is 0 Å². The monoisotopic (exact) mass is 220 g/mol. The summed E-state index contributed by atoms with van der Waals surface area (Å²) in [5.74, 6) is 0.266. The van der Waals surface area contributed by atoms with Crippen LogP contribution in [0.15, 0.2) is 0 Å². The Balaban J connectivity index is 3.99. The van der Waals surface area contributed by atoms with Gasteiger partial charge in [0.05, 0.1) is 5.75 Å². The van der Waals surface area contributed by atoms with E-state index in [-0.39, 0.29) is 17.0 Å². The van der Waals surface area contributed by atoms with E-state index < -0.39 is 9.84 Å². The van der Waals surface area contributed by atoms with Gasteiger partial charge in [-0.2, -0.15) is 0 Å². The highest BCUT2D eigenvalue weighted by molar-refractivity contribution is 7.90. The van der Waals surface area contributed by atoms with Gasteiger partial charge in [-0.3, -0.25) is 4.79 Å². The van der Waals surface area contributed by atoms with Crippen LogP contribution in [0, 0.1) is 5.41 Å². The van der Waals surface area contributed by atoms with Crippen LogP contribution in [-0.4, -0.2) is 26.2 Å². The maximum atomic E-state index is 11.6. The number of rotatable bonds is 6. The number of ketones is 1. The number of hydrogen-bond acceptors (Lipinski definition) is 3. The normalized spacial score (nSPS) is 12.9. The van der Waals surface area contributed by atoms with Gasteiger partial charge in [0, 0.05) is 18.1 Å². The van der Waals surface area contributed by atoms with E-state index in [1.165, 1.54) is 6.26 Å². The largest absolute Gasteiger partial charge is 0.299 e. The minimum atomic E-state index is -2.92. The van der Waals surface area contributed by atoms with Crippen molar-refractivity contribution in [3.8, 4) is 0 Å². The lowest BCUT2D eigenvalue weighted by Gasteiger charge is -2.20. The summed E-state index contributed by atoms with van der Waals surface area (Å²) in [6.45, 7) is 5.76. The number of hydrogen-bond donors (Lipinski definition) is 0. The lowest BCUT2D eigenvalue weighted by Crippen LogP contribution is -2.23. The SMILES string of the molecule is CCC(C)(C)C(=O)CCCS(C)(=O)=O. The summed E-state index contributed by atoms with van der Waals surface area (Å²) in [5.41, 5.74) is -0.308. The highest BCUT2D eigenvalue weighted by atomic mass is 32.2. The number of Topliss-reactive ketones (excluding diaryl/α,β-unsaturated/α-hetero) is 1. The molecule has 0 aliphatic carbocycles. The van der Waals surface area contributed by atoms with Crippen molar-refractivity contribution in [2.45, 2.75) is 40.0 Å². The van der Waals surface area contributed by atoms with E-state index >= 15 is 0 Å². The number of carbonyl (C=O) groups excluding carboxylic acids is 1. The van der Waals surface area contributed by atoms with E-state index in [1.54, 1.807) is 0 Å². The summed E-state index contributed by atoms with van der Waals surface area (Å²) in [6.07, 6.45) is 2.81. The molecule has 4 heteroatoms. The van der Waals surface area contributed by atoms with Crippen LogP contribution in [0.2, 0.25) is 0 Å². The Bertz CT molecular complexity index is 288. The van der Waals surface area contributed by atoms with Crippen molar-refractivity contribution in [1.29, 1.82) is 0 Å². The molecular weight excluding hydrogens is 200 g/mol. The lowest BCUT2D eigenvalue weighted by atomic mass is 9.83. The topological polar surface area (TPSA) is 51.2 Å². The van der Waals surface area contributed by atoms with Gasteiger partial charge < -0.3 is 0 Å². The molecule has 0 aromatic carbocycles. The van der Waals surface area contributed by atoms with Crippen LogP contribution in [-0.2, 0) is 14.6 Å². The van der Waals surface area contributed by atoms with Crippen LogP contribution < -0.4 is 0 Å². The van der Waals surface area contributed by atoms with E-state index in [4.69, 9.17) is 0 Å². The Kier molecular flexibility index (Phi) is 4.78. The Labute approximate surface area is 86.8 Å². The standard InChI is InChI=1S/C10H20O3S/c1-5-10(2,3)9(11)7-6-8-14(4,12)13/h5-8H2,1-4H3. The fourth-order valence-corrected chi connectivity index (χ4v) is 1.70. The maximum absolute atomic E-state index is 11.6. The second-order valence-corrected chi connectivity index (χ2v) is 6.65. The van der Waals surface area contributed by atoms with Crippen molar-refractivity contribution < 1.29 is 13.2 Å². The molecule has 0 rings (SSSR count). The zero-order chi connectivity index (χ0) is 11.4. The van der Waals surface area contributed by atoms with Crippen molar-refractivity contribution in [2.75, 3.05) is 12.0 Å². The van der Waals surface area contributed by atoms with Crippen molar-refractivity contribution in [3.63, 3.8) is 0 Å². The molecule has 3 nitrogen and oxygen atoms in total. The van der Waals surface area contributed by atoms with Gasteiger partial charge in [0.15, 0.2) is 0 Å². The zero-order valence-corrected chi connectivity index (χ0v) is 10.3. The van der Waals surface area contributed by atoms with E-state index in [0.717, 1.165) is 6.42 Å². The van der Waals surface area contributed by atoms with E-state index in [1.807, 2.05) is 20.8 Å². The van der Waals surface area contributed by atoms with E-state index in [2.05, 4.69) is 0 Å². The molecule has 0 spiro atoms. The van der Waals surface area contributed by atoms with Crippen molar-refractivity contribution in [1.82, 2.24) is 0 Å². The molecule has 0 aliphatic rings. The first-order valence-electron chi connectivity index (χ1n) is 4.90. The summed E-state index contributed by atoms with van der Waals surface area (Å²) in [6, 6.07) is 0. The smallest absolute Gasteiger partial charge is 0.147 e. The molecule has 0 aromatic heterocycles. The van der Waals surface area contributed by atoms with Crippen LogP contribution in [0.4, 0.5) is 0 Å². The molecule has 0 atom stereocenters. The quantitative estimate of drug-likeness (QED) is 0.686. The molecular formula is C10H20O3S. The van der Waals surface area contributed by atoms with Gasteiger partial charge in [0.25, 0.3) is 0 Å². The van der Waals surface area contributed by atoms with Crippen molar-refractivity contribution in [2.24, 2.45) is 5.41 Å². The molecule has 0 radical (unpaired) electrons. The Morgan fingerprint density at radius 3 is 2.14 bits per heavy atom. The van der Waals surface area contributed by atoms with Crippen LogP contribution in [0.5, 0.6) is 0 Å². The highest BCUT2D eigenvalue weighted by Gasteiger charge is 2.24. The Morgan fingerprint density at radius 1 is 1.29 bits per heavy atom. The molecule has 0 aliphatic heterocycles. The summed E-state index contributed by atoms with van der Waals surface area (Å²) in [4.78, 5) is 11.6. The summed E-state index contributed by atoms with van der Waals surface area (Å²) >= 11 is 0. The average Bonchev–Trinajstić information content (AvgIpc) is 2.02. The van der Waals surface area contributed by atoms with E-state index in [9.17, 15) is 13.2 Å². The van der Waals surface area contributed by atoms with Crippen LogP contribution >= 0.6 is 0 Å². The van der Waals surface area contributed by atoms with Crippen LogP contribution in [0.1, 0.15) is 40.0 Å². The second kappa shape index (κ2) is 4.91. The highest BCUT2D eigenvalue weighted by Crippen LogP contribution is 2.23. The van der Waals surface area contributed by atoms with Crippen LogP contribution in [0.3, 0.4) is 0 Å². The van der Waals surface area contributed by atoms with Gasteiger partial charge in [-0.1, -0.05) is 20.8 Å². The van der Waals surface area contributed by atoms with Gasteiger partial charge in [-0.15, -0.1) is 0 Å². The van der Waals surface area contributed by atoms with Crippen molar-refractivity contribution >= 4 is 15.6 Å². The Morgan fingerprint density at radius 2 is 1.79 bits per heavy atom. The first-order chi connectivity index (χ1) is 6.19. The lowest BCUT2D eigenvalue weighted by molar-refractivity contribution is -0.127. The summed E-state index contributed by atoms with van der Waals surface area (Å²) in [7, 11) is -2.92. The fourth-order valence-electron chi connectivity index (χ4n) is 1.03.